The van der Waals surface area contributed by atoms with Crippen molar-refractivity contribution < 1.29 is 15.0 Å². The fourth-order valence-electron chi connectivity index (χ4n) is 2.97. The normalized spacial score (nSPS) is 12.5. The number of carbonyl (C=O) groups excluding carboxylic acids is 1. The van der Waals surface area contributed by atoms with Gasteiger partial charge in [-0.25, -0.2) is 4.98 Å². The van der Waals surface area contributed by atoms with Gasteiger partial charge >= 0.3 is 0 Å². The summed E-state index contributed by atoms with van der Waals surface area (Å²) in [4.78, 5) is 19.8. The second-order valence-corrected chi connectivity index (χ2v) is 8.73. The van der Waals surface area contributed by atoms with E-state index in [4.69, 9.17) is 34.8 Å². The van der Waals surface area contributed by atoms with E-state index in [0.717, 1.165) is 0 Å². The Morgan fingerprint density at radius 3 is 2.45 bits per heavy atom. The molecule has 0 bridgehead atoms. The number of halogens is 3. The number of anilines is 1. The maximum atomic E-state index is 12.7. The number of H-pyrrole nitrogens is 1. The van der Waals surface area contributed by atoms with Crippen LogP contribution in [0.1, 0.15) is 35.9 Å². The third-order valence-corrected chi connectivity index (χ3v) is 5.04. The number of amides is 1. The average molecular weight is 484 g/mol. The molecule has 0 saturated heterocycles. The van der Waals surface area contributed by atoms with Crippen molar-refractivity contribution in [2.24, 2.45) is 0 Å². The SMILES string of the molecule is CC(C)(O)Nc1cc(-c2c[nH]c(C(=O)NC(CO)c3cc(Cl)cc(Cl)c3)c2)c(Cl)cn1. The van der Waals surface area contributed by atoms with Gasteiger partial charge in [0.05, 0.1) is 17.7 Å². The molecule has 0 spiro atoms. The number of rotatable bonds is 7. The Labute approximate surface area is 194 Å². The van der Waals surface area contributed by atoms with Crippen molar-refractivity contribution >= 4 is 46.5 Å². The van der Waals surface area contributed by atoms with Crippen molar-refractivity contribution in [3.8, 4) is 11.1 Å². The molecular formula is C21H21Cl3N4O3. The fourth-order valence-corrected chi connectivity index (χ4v) is 3.72. The number of pyridine rings is 1. The largest absolute Gasteiger partial charge is 0.394 e. The van der Waals surface area contributed by atoms with E-state index in [9.17, 15) is 15.0 Å². The zero-order chi connectivity index (χ0) is 22.8. The quantitative estimate of drug-likeness (QED) is 0.314. The minimum Gasteiger partial charge on any atom is -0.394 e. The zero-order valence-electron chi connectivity index (χ0n) is 16.7. The molecule has 0 radical (unpaired) electrons. The van der Waals surface area contributed by atoms with E-state index >= 15 is 0 Å². The summed E-state index contributed by atoms with van der Waals surface area (Å²) in [6.45, 7) is 2.84. The van der Waals surface area contributed by atoms with Gasteiger partial charge in [0.25, 0.3) is 5.91 Å². The summed E-state index contributed by atoms with van der Waals surface area (Å²) < 4.78 is 0. The molecule has 0 aliphatic heterocycles. The minimum absolute atomic E-state index is 0.270. The van der Waals surface area contributed by atoms with Crippen LogP contribution in [0.4, 0.5) is 5.82 Å². The molecule has 7 nitrogen and oxygen atoms in total. The van der Waals surface area contributed by atoms with Crippen molar-refractivity contribution in [1.82, 2.24) is 15.3 Å². The molecule has 3 aromatic rings. The number of nitrogens with one attached hydrogen (secondary N) is 3. The minimum atomic E-state index is -1.16. The van der Waals surface area contributed by atoms with Crippen molar-refractivity contribution in [3.63, 3.8) is 0 Å². The van der Waals surface area contributed by atoms with Crippen LogP contribution in [0.15, 0.2) is 42.7 Å². The molecule has 0 saturated carbocycles. The molecule has 0 aliphatic carbocycles. The van der Waals surface area contributed by atoms with E-state index in [2.05, 4.69) is 20.6 Å². The van der Waals surface area contributed by atoms with Gasteiger partial charge in [0, 0.05) is 33.6 Å². The Morgan fingerprint density at radius 1 is 1.16 bits per heavy atom. The molecular weight excluding hydrogens is 463 g/mol. The number of hydrogen-bond acceptors (Lipinski definition) is 5. The summed E-state index contributed by atoms with van der Waals surface area (Å²) in [5.74, 6) is -0.00121. The highest BCUT2D eigenvalue weighted by Gasteiger charge is 2.19. The second kappa shape index (κ2) is 9.46. The van der Waals surface area contributed by atoms with Crippen LogP contribution in [0.2, 0.25) is 15.1 Å². The number of benzene rings is 1. The van der Waals surface area contributed by atoms with E-state index in [1.54, 1.807) is 50.4 Å². The number of aromatic nitrogens is 2. The first-order chi connectivity index (χ1) is 14.6. The molecule has 10 heteroatoms. The van der Waals surface area contributed by atoms with Gasteiger partial charge in [-0.2, -0.15) is 0 Å². The molecule has 2 heterocycles. The van der Waals surface area contributed by atoms with Crippen LogP contribution in [0, 0.1) is 0 Å². The highest BCUT2D eigenvalue weighted by molar-refractivity contribution is 6.34. The topological polar surface area (TPSA) is 110 Å². The Balaban J connectivity index is 1.81. The smallest absolute Gasteiger partial charge is 0.268 e. The summed E-state index contributed by atoms with van der Waals surface area (Å²) in [6.07, 6.45) is 3.09. The maximum Gasteiger partial charge on any atom is 0.268 e. The summed E-state index contributed by atoms with van der Waals surface area (Å²) in [5, 5.41) is 26.5. The molecule has 5 N–H and O–H groups in total. The standard InChI is InChI=1S/C21H21Cl3N4O3/c1-21(2,31)28-19-7-15(16(24)9-26-19)12-5-17(25-8-12)20(30)27-18(10-29)11-3-13(22)6-14(23)4-11/h3-9,18,25,29,31H,10H2,1-2H3,(H,26,28)(H,27,30). The predicted molar refractivity (Wildman–Crippen MR) is 123 cm³/mol. The number of aliphatic hydroxyl groups is 2. The first kappa shape index (κ1) is 23.4. The molecule has 0 aliphatic rings. The van der Waals surface area contributed by atoms with E-state index in [0.29, 0.717) is 37.6 Å². The Bertz CT molecular complexity index is 1080. The fraction of sp³-hybridized carbons (Fsp3) is 0.238. The highest BCUT2D eigenvalue weighted by atomic mass is 35.5. The molecule has 1 unspecified atom stereocenters. The van der Waals surface area contributed by atoms with Gasteiger partial charge in [-0.3, -0.25) is 4.79 Å². The van der Waals surface area contributed by atoms with Crippen molar-refractivity contribution in [3.05, 3.63) is 69.1 Å². The first-order valence-electron chi connectivity index (χ1n) is 9.28. The summed E-state index contributed by atoms with van der Waals surface area (Å²) in [7, 11) is 0. The molecule has 3 rings (SSSR count). The summed E-state index contributed by atoms with van der Waals surface area (Å²) in [6, 6.07) is 7.44. The summed E-state index contributed by atoms with van der Waals surface area (Å²) in [5.41, 5.74) is 0.969. The second-order valence-electron chi connectivity index (χ2n) is 7.45. The van der Waals surface area contributed by atoms with Gasteiger partial charge in [-0.05, 0) is 49.7 Å². The van der Waals surface area contributed by atoms with Crippen LogP contribution < -0.4 is 10.6 Å². The molecule has 1 atom stereocenters. The third-order valence-electron chi connectivity index (χ3n) is 4.30. The van der Waals surface area contributed by atoms with Crippen LogP contribution in [-0.2, 0) is 0 Å². The molecule has 164 valence electrons. The molecule has 0 fully saturated rings. The van der Waals surface area contributed by atoms with Crippen LogP contribution in [0.25, 0.3) is 11.1 Å². The van der Waals surface area contributed by atoms with Crippen molar-refractivity contribution in [2.45, 2.75) is 25.6 Å². The van der Waals surface area contributed by atoms with Gasteiger partial charge in [0.2, 0.25) is 0 Å². The van der Waals surface area contributed by atoms with Gasteiger partial charge in [-0.15, -0.1) is 0 Å². The lowest BCUT2D eigenvalue weighted by Gasteiger charge is -2.20. The van der Waals surface area contributed by atoms with Crippen LogP contribution in [-0.4, -0.2) is 38.4 Å². The third kappa shape index (κ3) is 6.12. The molecule has 2 aromatic heterocycles. The van der Waals surface area contributed by atoms with Gasteiger partial charge in [0.1, 0.15) is 17.2 Å². The average Bonchev–Trinajstić information content (AvgIpc) is 3.15. The van der Waals surface area contributed by atoms with Crippen molar-refractivity contribution in [2.75, 3.05) is 11.9 Å². The number of carbonyl (C=O) groups is 1. The van der Waals surface area contributed by atoms with Gasteiger partial charge in [0.15, 0.2) is 0 Å². The predicted octanol–water partition coefficient (Wildman–Crippen LogP) is 4.64. The monoisotopic (exact) mass is 482 g/mol. The first-order valence-corrected chi connectivity index (χ1v) is 10.4. The van der Waals surface area contributed by atoms with Crippen LogP contribution in [0.3, 0.4) is 0 Å². The number of hydrogen-bond donors (Lipinski definition) is 5. The van der Waals surface area contributed by atoms with E-state index in [-0.39, 0.29) is 12.3 Å². The molecule has 31 heavy (non-hydrogen) atoms. The lowest BCUT2D eigenvalue weighted by molar-refractivity contribution is 0.0911. The maximum absolute atomic E-state index is 12.7. The zero-order valence-corrected chi connectivity index (χ0v) is 19.0. The van der Waals surface area contributed by atoms with Crippen LogP contribution in [0.5, 0.6) is 0 Å². The Hall–Kier alpha value is -2.29. The Morgan fingerprint density at radius 2 is 1.84 bits per heavy atom. The molecule has 1 aromatic carbocycles. The van der Waals surface area contributed by atoms with E-state index in [1.807, 2.05) is 0 Å². The van der Waals surface area contributed by atoms with Crippen molar-refractivity contribution in [1.29, 1.82) is 0 Å². The summed E-state index contributed by atoms with van der Waals surface area (Å²) >= 11 is 18.3. The van der Waals surface area contributed by atoms with Gasteiger partial charge < -0.3 is 25.8 Å². The highest BCUT2D eigenvalue weighted by Crippen LogP contribution is 2.31. The number of aromatic amines is 1. The Kier molecular flexibility index (Phi) is 7.13. The lowest BCUT2D eigenvalue weighted by Crippen LogP contribution is -2.31. The van der Waals surface area contributed by atoms with Gasteiger partial charge in [-0.1, -0.05) is 34.8 Å². The van der Waals surface area contributed by atoms with Crippen LogP contribution >= 0.6 is 34.8 Å². The van der Waals surface area contributed by atoms with E-state index < -0.39 is 17.7 Å². The lowest BCUT2D eigenvalue weighted by atomic mass is 10.1. The number of nitrogens with zero attached hydrogens (tertiary/aromatic N) is 1. The molecule has 1 amide bonds. The number of aliphatic hydroxyl groups excluding tert-OH is 1. The van der Waals surface area contributed by atoms with E-state index in [1.165, 1.54) is 6.20 Å².